The van der Waals surface area contributed by atoms with E-state index >= 15 is 0 Å². The van der Waals surface area contributed by atoms with Gasteiger partial charge < -0.3 is 29.0 Å². The number of carbonyl (C=O) groups excluding carboxylic acids is 2. The molecule has 8 nitrogen and oxygen atoms in total. The van der Waals surface area contributed by atoms with Crippen LogP contribution >= 0.6 is 23.2 Å². The molecule has 1 N–H and O–H groups in total. The van der Waals surface area contributed by atoms with Gasteiger partial charge in [0.15, 0.2) is 11.5 Å². The molecular formula is C27H21Cl2NO7. The molecule has 2 aliphatic heterocycles. The van der Waals surface area contributed by atoms with Crippen LogP contribution in [0.25, 0.3) is 5.76 Å². The average Bonchev–Trinajstić information content (AvgIpc) is 3.46. The van der Waals surface area contributed by atoms with Gasteiger partial charge in [-0.05, 0) is 47.5 Å². The number of carbonyl (C=O) groups is 2. The van der Waals surface area contributed by atoms with Gasteiger partial charge >= 0.3 is 0 Å². The summed E-state index contributed by atoms with van der Waals surface area (Å²) in [5.41, 5.74) is 1.24. The fourth-order valence-corrected chi connectivity index (χ4v) is 5.10. The molecule has 3 aromatic rings. The van der Waals surface area contributed by atoms with Crippen molar-refractivity contribution in [1.29, 1.82) is 0 Å². The summed E-state index contributed by atoms with van der Waals surface area (Å²) in [7, 11) is 2.89. The number of likely N-dealkylation sites (tertiary alicyclic amines) is 1. The first-order valence-corrected chi connectivity index (χ1v) is 11.9. The maximum atomic E-state index is 13.4. The minimum absolute atomic E-state index is 0.0628. The van der Waals surface area contributed by atoms with E-state index in [1.54, 1.807) is 42.5 Å². The molecule has 1 amide bonds. The van der Waals surface area contributed by atoms with E-state index < -0.39 is 23.5 Å². The Morgan fingerprint density at radius 3 is 2.57 bits per heavy atom. The SMILES string of the molecule is COc1cccc(C2/C(=C(\O)c3cc(Cl)cc(Cl)c3OC)C(=O)C(=O)N2Cc2ccc3c(c2)OCO3)c1. The van der Waals surface area contributed by atoms with Gasteiger partial charge in [-0.25, -0.2) is 0 Å². The Morgan fingerprint density at radius 1 is 1.03 bits per heavy atom. The molecule has 1 saturated heterocycles. The Labute approximate surface area is 222 Å². The molecule has 2 heterocycles. The summed E-state index contributed by atoms with van der Waals surface area (Å²) < 4.78 is 21.6. The van der Waals surface area contributed by atoms with Crippen molar-refractivity contribution in [2.75, 3.05) is 21.0 Å². The molecule has 10 heteroatoms. The van der Waals surface area contributed by atoms with E-state index in [9.17, 15) is 14.7 Å². The molecule has 1 unspecified atom stereocenters. The number of rotatable bonds is 6. The molecule has 0 aromatic heterocycles. The Balaban J connectivity index is 1.68. The number of halogens is 2. The van der Waals surface area contributed by atoms with Gasteiger partial charge in [0, 0.05) is 11.6 Å². The molecule has 0 radical (unpaired) electrons. The number of fused-ring (bicyclic) bond motifs is 1. The number of methoxy groups -OCH3 is 2. The third-order valence-electron chi connectivity index (χ3n) is 6.21. The van der Waals surface area contributed by atoms with E-state index in [2.05, 4.69) is 0 Å². The van der Waals surface area contributed by atoms with Gasteiger partial charge in [0.2, 0.25) is 6.79 Å². The van der Waals surface area contributed by atoms with Crippen LogP contribution in [-0.2, 0) is 16.1 Å². The van der Waals surface area contributed by atoms with Crippen molar-refractivity contribution in [1.82, 2.24) is 4.90 Å². The van der Waals surface area contributed by atoms with Gasteiger partial charge in [-0.3, -0.25) is 9.59 Å². The fourth-order valence-electron chi connectivity index (χ4n) is 4.53. The fraction of sp³-hybridized carbons (Fsp3) is 0.185. The van der Waals surface area contributed by atoms with Crippen LogP contribution in [0.1, 0.15) is 22.7 Å². The largest absolute Gasteiger partial charge is 0.507 e. The van der Waals surface area contributed by atoms with E-state index in [0.29, 0.717) is 28.4 Å². The summed E-state index contributed by atoms with van der Waals surface area (Å²) in [5, 5.41) is 11.8. The van der Waals surface area contributed by atoms with Crippen LogP contribution in [0, 0.1) is 0 Å². The lowest BCUT2D eigenvalue weighted by Crippen LogP contribution is -2.29. The zero-order chi connectivity index (χ0) is 26.3. The molecule has 0 aliphatic carbocycles. The number of benzene rings is 3. The lowest BCUT2D eigenvalue weighted by molar-refractivity contribution is -0.140. The lowest BCUT2D eigenvalue weighted by atomic mass is 9.94. The second-order valence-electron chi connectivity index (χ2n) is 8.36. The Kier molecular flexibility index (Phi) is 6.62. The molecule has 3 aromatic carbocycles. The number of hydrogen-bond acceptors (Lipinski definition) is 7. The van der Waals surface area contributed by atoms with Crippen molar-refractivity contribution in [3.8, 4) is 23.0 Å². The van der Waals surface area contributed by atoms with Crippen LogP contribution in [0.4, 0.5) is 0 Å². The summed E-state index contributed by atoms with van der Waals surface area (Å²) in [6, 6.07) is 14.2. The lowest BCUT2D eigenvalue weighted by Gasteiger charge is -2.26. The maximum absolute atomic E-state index is 13.4. The van der Waals surface area contributed by atoms with E-state index in [-0.39, 0.29) is 40.3 Å². The van der Waals surface area contributed by atoms with Crippen molar-refractivity contribution < 1.29 is 33.6 Å². The van der Waals surface area contributed by atoms with E-state index in [1.807, 2.05) is 0 Å². The van der Waals surface area contributed by atoms with Gasteiger partial charge in [0.1, 0.15) is 17.3 Å². The van der Waals surface area contributed by atoms with Crippen LogP contribution in [0.2, 0.25) is 10.0 Å². The molecule has 2 aliphatic rings. The third kappa shape index (κ3) is 4.43. The van der Waals surface area contributed by atoms with Crippen molar-refractivity contribution in [3.05, 3.63) is 86.9 Å². The van der Waals surface area contributed by atoms with E-state index in [1.165, 1.54) is 31.3 Å². The first kappa shape index (κ1) is 24.8. The summed E-state index contributed by atoms with van der Waals surface area (Å²) >= 11 is 12.5. The van der Waals surface area contributed by atoms with Gasteiger partial charge in [-0.2, -0.15) is 0 Å². The molecule has 190 valence electrons. The molecule has 5 rings (SSSR count). The highest BCUT2D eigenvalue weighted by Crippen LogP contribution is 2.44. The molecule has 0 saturated carbocycles. The minimum Gasteiger partial charge on any atom is -0.507 e. The molecule has 1 atom stereocenters. The molecule has 1 fully saturated rings. The van der Waals surface area contributed by atoms with Gasteiger partial charge in [-0.1, -0.05) is 41.4 Å². The van der Waals surface area contributed by atoms with Crippen molar-refractivity contribution >= 4 is 40.7 Å². The highest BCUT2D eigenvalue weighted by molar-refractivity contribution is 6.46. The normalized spacial score (nSPS) is 17.8. The molecular weight excluding hydrogens is 521 g/mol. The zero-order valence-electron chi connectivity index (χ0n) is 19.8. The predicted octanol–water partition coefficient (Wildman–Crippen LogP) is 5.36. The Bertz CT molecular complexity index is 1450. The Morgan fingerprint density at radius 2 is 1.81 bits per heavy atom. The number of hydrogen-bond donors (Lipinski definition) is 1. The summed E-state index contributed by atoms with van der Waals surface area (Å²) in [4.78, 5) is 28.2. The van der Waals surface area contributed by atoms with Crippen molar-refractivity contribution in [2.24, 2.45) is 0 Å². The maximum Gasteiger partial charge on any atom is 0.295 e. The van der Waals surface area contributed by atoms with Crippen molar-refractivity contribution in [3.63, 3.8) is 0 Å². The smallest absolute Gasteiger partial charge is 0.295 e. The first-order chi connectivity index (χ1) is 17.8. The summed E-state index contributed by atoms with van der Waals surface area (Å²) in [5.74, 6) is -0.307. The number of ketones is 1. The molecule has 37 heavy (non-hydrogen) atoms. The van der Waals surface area contributed by atoms with Crippen LogP contribution in [0.3, 0.4) is 0 Å². The molecule has 0 spiro atoms. The van der Waals surface area contributed by atoms with Crippen molar-refractivity contribution in [2.45, 2.75) is 12.6 Å². The number of amides is 1. The predicted molar refractivity (Wildman–Crippen MR) is 136 cm³/mol. The summed E-state index contributed by atoms with van der Waals surface area (Å²) in [6.07, 6.45) is 0. The van der Waals surface area contributed by atoms with Gasteiger partial charge in [0.25, 0.3) is 11.7 Å². The van der Waals surface area contributed by atoms with E-state index in [0.717, 1.165) is 0 Å². The van der Waals surface area contributed by atoms with Gasteiger partial charge in [-0.15, -0.1) is 0 Å². The van der Waals surface area contributed by atoms with E-state index in [4.69, 9.17) is 42.1 Å². The second kappa shape index (κ2) is 9.88. The van der Waals surface area contributed by atoms with Crippen LogP contribution in [0.15, 0.2) is 60.2 Å². The zero-order valence-corrected chi connectivity index (χ0v) is 21.3. The topological polar surface area (TPSA) is 94.5 Å². The van der Waals surface area contributed by atoms with Crippen LogP contribution in [0.5, 0.6) is 23.0 Å². The average molecular weight is 542 g/mol. The highest BCUT2D eigenvalue weighted by Gasteiger charge is 2.46. The third-order valence-corrected chi connectivity index (χ3v) is 6.71. The van der Waals surface area contributed by atoms with Gasteiger partial charge in [0.05, 0.1) is 36.4 Å². The summed E-state index contributed by atoms with van der Waals surface area (Å²) in [6.45, 7) is 0.171. The highest BCUT2D eigenvalue weighted by atomic mass is 35.5. The van der Waals surface area contributed by atoms with Crippen LogP contribution < -0.4 is 18.9 Å². The molecule has 0 bridgehead atoms. The monoisotopic (exact) mass is 541 g/mol. The number of aliphatic hydroxyl groups excluding tert-OH is 1. The minimum atomic E-state index is -0.942. The quantitative estimate of drug-likeness (QED) is 0.255. The number of nitrogens with zero attached hydrogens (tertiary/aromatic N) is 1. The standard InChI is InChI=1S/C27H21Cl2NO7/c1-34-17-5-3-4-15(9-17)23-22(24(31)18-10-16(28)11-19(29)26(18)35-2)25(32)27(33)30(23)12-14-6-7-20-21(8-14)37-13-36-20/h3-11,23,31H,12-13H2,1-2H3/b24-22+. The number of aliphatic hydroxyl groups is 1. The first-order valence-electron chi connectivity index (χ1n) is 11.2. The van der Waals surface area contributed by atoms with Crippen LogP contribution in [-0.4, -0.2) is 42.7 Å². The number of Topliss-reactive ketones (excluding diaryl/α,β-unsaturated/α-hetero) is 1. The second-order valence-corrected chi connectivity index (χ2v) is 9.20. The Hall–Kier alpha value is -3.88. The number of ether oxygens (including phenoxy) is 4.